The molecule has 1 amide bonds. The number of aromatic amines is 1. The number of piperazine rings is 1. The van der Waals surface area contributed by atoms with Crippen LogP contribution in [-0.2, 0) is 6.42 Å². The Morgan fingerprint density at radius 2 is 1.60 bits per heavy atom. The van der Waals surface area contributed by atoms with E-state index in [2.05, 4.69) is 64.3 Å². The lowest BCUT2D eigenvalue weighted by Gasteiger charge is -2.34. The number of amides is 1. The summed E-state index contributed by atoms with van der Waals surface area (Å²) in [5, 5.41) is 1.10. The van der Waals surface area contributed by atoms with Gasteiger partial charge in [0, 0.05) is 79.9 Å². The van der Waals surface area contributed by atoms with E-state index in [1.165, 1.54) is 11.3 Å². The number of benzene rings is 2. The zero-order valence-electron chi connectivity index (χ0n) is 20.4. The van der Waals surface area contributed by atoms with Crippen LogP contribution < -0.4 is 4.90 Å². The van der Waals surface area contributed by atoms with Gasteiger partial charge in [0.05, 0.1) is 0 Å². The number of likely N-dealkylation sites (N-methyl/N-ethyl adjacent to an activating group) is 1. The monoisotopic (exact) mass is 465 g/mol. The van der Waals surface area contributed by atoms with E-state index < -0.39 is 0 Å². The molecule has 0 spiro atoms. The first-order chi connectivity index (χ1) is 17.1. The standard InChI is InChI=1S/C29H31N5O/c1-32-12-14-34(15-13-32)24-8-5-20(6-9-24)23-17-26-27(19-31-28(26)30-18-23)22-7-10-25-21(16-22)4-3-11-33(2)29(25)35/h5-10,16-19H,3-4,11-15H2,1-2H3,(H,30,31). The molecule has 1 saturated heterocycles. The highest BCUT2D eigenvalue weighted by atomic mass is 16.2. The molecule has 0 saturated carbocycles. The lowest BCUT2D eigenvalue weighted by molar-refractivity contribution is 0.0800. The van der Waals surface area contributed by atoms with Gasteiger partial charge in [0.1, 0.15) is 5.65 Å². The second-order valence-electron chi connectivity index (χ2n) is 9.86. The minimum absolute atomic E-state index is 0.118. The number of carbonyl (C=O) groups is 1. The number of nitrogens with one attached hydrogen (secondary N) is 1. The van der Waals surface area contributed by atoms with E-state index >= 15 is 0 Å². The molecule has 0 unspecified atom stereocenters. The molecule has 6 rings (SSSR count). The summed E-state index contributed by atoms with van der Waals surface area (Å²) in [5.74, 6) is 0.118. The molecule has 1 fully saturated rings. The molecule has 0 bridgehead atoms. The third-order valence-electron chi connectivity index (χ3n) is 7.53. The van der Waals surface area contributed by atoms with Gasteiger partial charge in [-0.3, -0.25) is 4.79 Å². The summed E-state index contributed by atoms with van der Waals surface area (Å²) in [7, 11) is 4.07. The number of aryl methyl sites for hydroxylation is 1. The molecular formula is C29H31N5O. The van der Waals surface area contributed by atoms with Crippen molar-refractivity contribution in [1.29, 1.82) is 0 Å². The third-order valence-corrected chi connectivity index (χ3v) is 7.53. The van der Waals surface area contributed by atoms with Crippen molar-refractivity contribution in [2.24, 2.45) is 0 Å². The van der Waals surface area contributed by atoms with Gasteiger partial charge in [-0.25, -0.2) is 4.98 Å². The Morgan fingerprint density at radius 1 is 0.829 bits per heavy atom. The molecule has 4 aromatic rings. The Bertz CT molecular complexity index is 1380. The highest BCUT2D eigenvalue weighted by molar-refractivity contribution is 5.99. The molecule has 0 aliphatic carbocycles. The Balaban J connectivity index is 1.32. The predicted molar refractivity (Wildman–Crippen MR) is 142 cm³/mol. The van der Waals surface area contributed by atoms with Crippen LogP contribution in [0.5, 0.6) is 0 Å². The van der Waals surface area contributed by atoms with Gasteiger partial charge >= 0.3 is 0 Å². The fourth-order valence-electron chi connectivity index (χ4n) is 5.32. The number of aromatic nitrogens is 2. The largest absolute Gasteiger partial charge is 0.369 e. The molecule has 0 radical (unpaired) electrons. The number of anilines is 1. The van der Waals surface area contributed by atoms with Crippen molar-refractivity contribution in [3.63, 3.8) is 0 Å². The summed E-state index contributed by atoms with van der Waals surface area (Å²) in [6.45, 7) is 5.15. The molecule has 0 atom stereocenters. The molecule has 2 aromatic carbocycles. The summed E-state index contributed by atoms with van der Waals surface area (Å²) in [5.41, 5.74) is 8.64. The van der Waals surface area contributed by atoms with Gasteiger partial charge in [0.15, 0.2) is 0 Å². The molecule has 35 heavy (non-hydrogen) atoms. The zero-order valence-corrected chi connectivity index (χ0v) is 20.4. The smallest absolute Gasteiger partial charge is 0.253 e. The van der Waals surface area contributed by atoms with E-state index in [0.717, 1.165) is 84.4 Å². The van der Waals surface area contributed by atoms with Crippen LogP contribution in [0.1, 0.15) is 22.3 Å². The predicted octanol–water partition coefficient (Wildman–Crippen LogP) is 4.67. The lowest BCUT2D eigenvalue weighted by atomic mass is 9.96. The highest BCUT2D eigenvalue weighted by Gasteiger charge is 2.21. The zero-order chi connectivity index (χ0) is 23.9. The second kappa shape index (κ2) is 8.86. The molecule has 1 N–H and O–H groups in total. The van der Waals surface area contributed by atoms with Gasteiger partial charge in [-0.2, -0.15) is 0 Å². The molecule has 2 aliphatic rings. The number of hydrogen-bond acceptors (Lipinski definition) is 4. The fourth-order valence-corrected chi connectivity index (χ4v) is 5.32. The van der Waals surface area contributed by atoms with Gasteiger partial charge in [0.2, 0.25) is 0 Å². The lowest BCUT2D eigenvalue weighted by Crippen LogP contribution is -2.44. The van der Waals surface area contributed by atoms with E-state index in [4.69, 9.17) is 4.98 Å². The summed E-state index contributed by atoms with van der Waals surface area (Å²) in [6.07, 6.45) is 5.89. The van der Waals surface area contributed by atoms with Gasteiger partial charge in [-0.05, 0) is 60.8 Å². The topological polar surface area (TPSA) is 55.5 Å². The van der Waals surface area contributed by atoms with E-state index in [9.17, 15) is 4.79 Å². The first kappa shape index (κ1) is 21.9. The molecule has 2 aromatic heterocycles. The quantitative estimate of drug-likeness (QED) is 0.478. The molecule has 6 heteroatoms. The van der Waals surface area contributed by atoms with Crippen LogP contribution in [0.3, 0.4) is 0 Å². The molecule has 6 nitrogen and oxygen atoms in total. The van der Waals surface area contributed by atoms with Crippen molar-refractivity contribution in [3.05, 3.63) is 72.1 Å². The van der Waals surface area contributed by atoms with Crippen LogP contribution >= 0.6 is 0 Å². The van der Waals surface area contributed by atoms with Crippen molar-refractivity contribution in [2.45, 2.75) is 12.8 Å². The van der Waals surface area contributed by atoms with Crippen LogP contribution in [0.4, 0.5) is 5.69 Å². The van der Waals surface area contributed by atoms with Crippen LogP contribution in [0.15, 0.2) is 60.9 Å². The van der Waals surface area contributed by atoms with Gasteiger partial charge in [0.25, 0.3) is 5.91 Å². The van der Waals surface area contributed by atoms with Crippen LogP contribution in [0.25, 0.3) is 33.3 Å². The fraction of sp³-hybridized carbons (Fsp3) is 0.310. The van der Waals surface area contributed by atoms with Gasteiger partial charge < -0.3 is 19.7 Å². The molecule has 4 heterocycles. The van der Waals surface area contributed by atoms with Crippen LogP contribution in [0, 0.1) is 0 Å². The number of nitrogens with zero attached hydrogens (tertiary/aromatic N) is 4. The Labute approximate surface area is 206 Å². The Hall–Kier alpha value is -3.64. The highest BCUT2D eigenvalue weighted by Crippen LogP contribution is 2.33. The van der Waals surface area contributed by atoms with Crippen LogP contribution in [0.2, 0.25) is 0 Å². The Kier molecular flexibility index (Phi) is 5.53. The SMILES string of the molecule is CN1CCN(c2ccc(-c3cnc4[nH]cc(-c5ccc6c(c5)CCCN(C)C6=O)c4c3)cc2)CC1. The van der Waals surface area contributed by atoms with Crippen molar-refractivity contribution in [1.82, 2.24) is 19.8 Å². The first-order valence-electron chi connectivity index (χ1n) is 12.5. The maximum atomic E-state index is 12.7. The average molecular weight is 466 g/mol. The van der Waals surface area contributed by atoms with E-state index in [-0.39, 0.29) is 5.91 Å². The maximum absolute atomic E-state index is 12.7. The molecule has 2 aliphatic heterocycles. The van der Waals surface area contributed by atoms with Crippen molar-refractivity contribution in [3.8, 4) is 22.3 Å². The summed E-state index contributed by atoms with van der Waals surface area (Å²) in [6, 6.07) is 17.3. The minimum Gasteiger partial charge on any atom is -0.369 e. The van der Waals surface area contributed by atoms with Crippen molar-refractivity contribution < 1.29 is 4.79 Å². The number of H-pyrrole nitrogens is 1. The van der Waals surface area contributed by atoms with Gasteiger partial charge in [-0.15, -0.1) is 0 Å². The number of fused-ring (bicyclic) bond motifs is 2. The summed E-state index contributed by atoms with van der Waals surface area (Å²) in [4.78, 5) is 27.4. The van der Waals surface area contributed by atoms with E-state index in [1.54, 1.807) is 0 Å². The van der Waals surface area contributed by atoms with Crippen LogP contribution in [-0.4, -0.2) is 72.5 Å². The minimum atomic E-state index is 0.118. The number of rotatable bonds is 3. The molecular weight excluding hydrogens is 434 g/mol. The van der Waals surface area contributed by atoms with E-state index in [1.807, 2.05) is 30.4 Å². The number of hydrogen-bond donors (Lipinski definition) is 1. The second-order valence-corrected chi connectivity index (χ2v) is 9.86. The molecule has 178 valence electrons. The van der Waals surface area contributed by atoms with Crippen molar-refractivity contribution in [2.75, 3.05) is 51.7 Å². The Morgan fingerprint density at radius 3 is 2.40 bits per heavy atom. The number of pyridine rings is 1. The average Bonchev–Trinajstić information content (AvgIpc) is 3.26. The normalized spacial score (nSPS) is 17.0. The summed E-state index contributed by atoms with van der Waals surface area (Å²) < 4.78 is 0. The maximum Gasteiger partial charge on any atom is 0.253 e. The van der Waals surface area contributed by atoms with Crippen molar-refractivity contribution >= 4 is 22.6 Å². The third kappa shape index (κ3) is 4.08. The van der Waals surface area contributed by atoms with E-state index in [0.29, 0.717) is 0 Å². The first-order valence-corrected chi connectivity index (χ1v) is 12.5. The number of carbonyl (C=O) groups excluding carboxylic acids is 1. The van der Waals surface area contributed by atoms with Gasteiger partial charge in [-0.1, -0.05) is 24.3 Å². The summed E-state index contributed by atoms with van der Waals surface area (Å²) >= 11 is 0.